The Morgan fingerprint density at radius 1 is 0.865 bits per heavy atom. The van der Waals surface area contributed by atoms with Gasteiger partial charge in [-0.05, 0) is 43.2 Å². The van der Waals surface area contributed by atoms with E-state index in [4.69, 9.17) is 9.47 Å². The van der Waals surface area contributed by atoms with E-state index in [2.05, 4.69) is 0 Å². The van der Waals surface area contributed by atoms with Crippen LogP contribution in [0.4, 0.5) is 0 Å². The second kappa shape index (κ2) is 10.3. The highest BCUT2D eigenvalue weighted by Crippen LogP contribution is 2.48. The number of carbonyl (C=O) groups excluding carboxylic acids is 2. The number of esters is 2. The molecule has 0 aromatic heterocycles. The number of ether oxygens (including phenoxy) is 2. The van der Waals surface area contributed by atoms with Crippen molar-refractivity contribution >= 4 is 11.9 Å². The van der Waals surface area contributed by atoms with Gasteiger partial charge in [0, 0.05) is 36.3 Å². The topological polar surface area (TPSA) is 137 Å². The molecule has 1 aliphatic heterocycles. The molecule has 1 atom stereocenters. The molecule has 3 aromatic rings. The fraction of sp³-hybridized carbons (Fsp3) is 0.214. The van der Waals surface area contributed by atoms with E-state index in [1.165, 1.54) is 0 Å². The van der Waals surface area contributed by atoms with Crippen LogP contribution in [0.2, 0.25) is 0 Å². The molecule has 0 amide bonds. The number of rotatable bonds is 7. The van der Waals surface area contributed by atoms with Gasteiger partial charge in [-0.3, -0.25) is 4.90 Å². The lowest BCUT2D eigenvalue weighted by Crippen LogP contribution is -2.43. The Kier molecular flexibility index (Phi) is 7.19. The number of hydrogen-bond acceptors (Lipinski definition) is 9. The molecular formula is C28H27NO8. The van der Waals surface area contributed by atoms with E-state index in [-0.39, 0.29) is 17.9 Å². The Labute approximate surface area is 213 Å². The first kappa shape index (κ1) is 25.7. The van der Waals surface area contributed by atoms with Crippen LogP contribution in [0, 0.1) is 0 Å². The first-order chi connectivity index (χ1) is 17.6. The van der Waals surface area contributed by atoms with Crippen molar-refractivity contribution in [2.75, 3.05) is 6.54 Å². The van der Waals surface area contributed by atoms with Crippen molar-refractivity contribution in [1.29, 1.82) is 0 Å². The quantitative estimate of drug-likeness (QED) is 0.280. The number of aliphatic hydroxyl groups is 1. The smallest absolute Gasteiger partial charge is 0.336 e. The highest BCUT2D eigenvalue weighted by Gasteiger charge is 2.34. The first-order valence-electron chi connectivity index (χ1n) is 11.5. The number of aliphatic hydroxyl groups excluding tert-OH is 1. The number of benzene rings is 3. The van der Waals surface area contributed by atoms with Gasteiger partial charge in [-0.2, -0.15) is 0 Å². The molecule has 192 valence electrons. The van der Waals surface area contributed by atoms with Crippen molar-refractivity contribution in [1.82, 2.24) is 4.90 Å². The number of fused-ring (bicyclic) bond motifs is 2. The minimum absolute atomic E-state index is 0.0127. The molecule has 3 aromatic carbocycles. The summed E-state index contributed by atoms with van der Waals surface area (Å²) in [5, 5.41) is 42.2. The van der Waals surface area contributed by atoms with Gasteiger partial charge in [0.05, 0.1) is 6.10 Å². The molecule has 4 N–H and O–H groups in total. The SMILES string of the molecule is CC(C)(c1ccc(O)cc1)N(Cc1ccccc1)CC(O)c1cc(O)c2c(O)c1OC(=O)/C=C/C(=O)O2. The molecule has 4 rings (SSSR count). The minimum atomic E-state index is -1.35. The van der Waals surface area contributed by atoms with Gasteiger partial charge in [-0.15, -0.1) is 0 Å². The Bertz CT molecular complexity index is 1330. The van der Waals surface area contributed by atoms with Crippen LogP contribution in [0.15, 0.2) is 72.8 Å². The van der Waals surface area contributed by atoms with Crippen LogP contribution in [0.1, 0.15) is 36.6 Å². The van der Waals surface area contributed by atoms with Crippen LogP contribution in [0.5, 0.6) is 28.7 Å². The fourth-order valence-electron chi connectivity index (χ4n) is 4.15. The van der Waals surface area contributed by atoms with E-state index < -0.39 is 46.6 Å². The molecule has 0 saturated heterocycles. The summed E-state index contributed by atoms with van der Waals surface area (Å²) >= 11 is 0. The number of phenolic OH excluding ortho intramolecular Hbond substituents is 3. The lowest BCUT2D eigenvalue weighted by Gasteiger charge is -2.40. The van der Waals surface area contributed by atoms with Crippen molar-refractivity contribution in [2.45, 2.75) is 32.0 Å². The number of aromatic hydroxyl groups is 3. The summed E-state index contributed by atoms with van der Waals surface area (Å²) in [6.07, 6.45) is 0.268. The van der Waals surface area contributed by atoms with Crippen molar-refractivity contribution in [3.05, 3.63) is 89.5 Å². The average Bonchev–Trinajstić information content (AvgIpc) is 2.90. The zero-order valence-electron chi connectivity index (χ0n) is 20.3. The van der Waals surface area contributed by atoms with Gasteiger partial charge in [-0.1, -0.05) is 42.5 Å². The van der Waals surface area contributed by atoms with Crippen LogP contribution in [0.25, 0.3) is 0 Å². The number of carbonyl (C=O) groups is 2. The Hall–Kier alpha value is -4.34. The standard InChI is InChI=1S/C28H27NO8/c1-28(2,18-8-10-19(30)11-9-18)29(15-17-6-4-3-5-7-17)16-22(32)20-14-21(31)27-25(35)26(20)36-23(33)12-13-24(34)37-27/h3-14,22,30-32,35H,15-16H2,1-2H3/b13-12+. The van der Waals surface area contributed by atoms with Gasteiger partial charge >= 0.3 is 11.9 Å². The van der Waals surface area contributed by atoms with Crippen LogP contribution in [0.3, 0.4) is 0 Å². The maximum absolute atomic E-state index is 12.2. The summed E-state index contributed by atoms with van der Waals surface area (Å²) in [5.41, 5.74) is 1.10. The fourth-order valence-corrected chi connectivity index (χ4v) is 4.15. The molecule has 1 unspecified atom stereocenters. The van der Waals surface area contributed by atoms with Gasteiger partial charge in [0.1, 0.15) is 5.75 Å². The largest absolute Gasteiger partial charge is 0.508 e. The van der Waals surface area contributed by atoms with Gasteiger partial charge in [0.2, 0.25) is 11.5 Å². The predicted octanol–water partition coefficient (Wildman–Crippen LogP) is 3.65. The zero-order chi connectivity index (χ0) is 26.7. The summed E-state index contributed by atoms with van der Waals surface area (Å²) in [5.74, 6) is -4.24. The van der Waals surface area contributed by atoms with Crippen LogP contribution in [-0.4, -0.2) is 43.8 Å². The molecule has 0 radical (unpaired) electrons. The second-order valence-electron chi connectivity index (χ2n) is 9.16. The van der Waals surface area contributed by atoms with Crippen molar-refractivity contribution in [2.24, 2.45) is 0 Å². The van der Waals surface area contributed by atoms with Crippen LogP contribution < -0.4 is 9.47 Å². The van der Waals surface area contributed by atoms with Gasteiger partial charge < -0.3 is 29.9 Å². The van der Waals surface area contributed by atoms with E-state index in [1.54, 1.807) is 24.3 Å². The maximum Gasteiger partial charge on any atom is 0.336 e. The normalized spacial score (nSPS) is 15.2. The van der Waals surface area contributed by atoms with Crippen molar-refractivity contribution in [3.8, 4) is 28.7 Å². The van der Waals surface area contributed by atoms with E-state index >= 15 is 0 Å². The van der Waals surface area contributed by atoms with Gasteiger partial charge in [-0.25, -0.2) is 9.59 Å². The first-order valence-corrected chi connectivity index (χ1v) is 11.5. The third kappa shape index (κ3) is 5.58. The monoisotopic (exact) mass is 505 g/mol. The Balaban J connectivity index is 1.74. The Morgan fingerprint density at radius 3 is 2.08 bits per heavy atom. The van der Waals surface area contributed by atoms with Gasteiger partial charge in [0.15, 0.2) is 11.5 Å². The molecule has 0 fully saturated rings. The lowest BCUT2D eigenvalue weighted by atomic mass is 9.90. The molecule has 37 heavy (non-hydrogen) atoms. The second-order valence-corrected chi connectivity index (χ2v) is 9.16. The van der Waals surface area contributed by atoms with E-state index in [9.17, 15) is 30.0 Å². The van der Waals surface area contributed by atoms with E-state index in [1.807, 2.05) is 49.1 Å². The summed E-state index contributed by atoms with van der Waals surface area (Å²) in [7, 11) is 0. The summed E-state index contributed by atoms with van der Waals surface area (Å²) in [6.45, 7) is 4.32. The highest BCUT2D eigenvalue weighted by molar-refractivity contribution is 5.95. The lowest BCUT2D eigenvalue weighted by molar-refractivity contribution is -0.131. The van der Waals surface area contributed by atoms with Crippen molar-refractivity contribution < 1.29 is 39.5 Å². The number of phenols is 3. The molecule has 9 heteroatoms. The average molecular weight is 506 g/mol. The molecular weight excluding hydrogens is 478 g/mol. The number of nitrogens with zero attached hydrogens (tertiary/aromatic N) is 1. The molecule has 2 bridgehead atoms. The zero-order valence-corrected chi connectivity index (χ0v) is 20.3. The van der Waals surface area contributed by atoms with Crippen LogP contribution in [-0.2, 0) is 21.7 Å². The summed E-state index contributed by atoms with van der Waals surface area (Å²) in [4.78, 5) is 26.0. The predicted molar refractivity (Wildman–Crippen MR) is 133 cm³/mol. The highest BCUT2D eigenvalue weighted by atomic mass is 16.6. The molecule has 9 nitrogen and oxygen atoms in total. The van der Waals surface area contributed by atoms with Gasteiger partial charge in [0.25, 0.3) is 0 Å². The summed E-state index contributed by atoms with van der Waals surface area (Å²) < 4.78 is 10.2. The minimum Gasteiger partial charge on any atom is -0.508 e. The molecule has 0 spiro atoms. The Morgan fingerprint density at radius 2 is 1.46 bits per heavy atom. The van der Waals surface area contributed by atoms with Crippen molar-refractivity contribution in [3.63, 3.8) is 0 Å². The molecule has 1 aliphatic rings. The molecule has 1 heterocycles. The maximum atomic E-state index is 12.2. The molecule has 0 saturated carbocycles. The summed E-state index contributed by atoms with van der Waals surface area (Å²) in [6, 6.07) is 17.4. The van der Waals surface area contributed by atoms with E-state index in [0.29, 0.717) is 6.54 Å². The van der Waals surface area contributed by atoms with Crippen LogP contribution >= 0.6 is 0 Å². The molecule has 0 aliphatic carbocycles. The van der Waals surface area contributed by atoms with E-state index in [0.717, 1.165) is 29.3 Å². The number of hydrogen-bond donors (Lipinski definition) is 4. The third-order valence-corrected chi connectivity index (χ3v) is 6.31. The third-order valence-electron chi connectivity index (χ3n) is 6.31.